The minimum Gasteiger partial charge on any atom is -0.394 e. The molecular weight excluding hydrogens is 711 g/mol. The summed E-state index contributed by atoms with van der Waals surface area (Å²) in [5.41, 5.74) is 15.0. The molecule has 0 aromatic carbocycles. The molecule has 0 spiro atoms. The van der Waals surface area contributed by atoms with Crippen LogP contribution in [0.15, 0.2) is 24.8 Å². The second kappa shape index (κ2) is 17.9. The molecule has 55 heavy (non-hydrogen) atoms. The SMILES string of the molecule is C=Cc1c(C)c2cc3nc(c(C)c4nc(cc5[nH]c(cc1[nH]2)c(C)c5CC)C(C)=C4)[C@@H](CCCN(C)CCCCCS[C@@H]1O[C@H](CO)[C@@H](O)[C@H](O)[C@H]1O)[C@@H]3C. The van der Waals surface area contributed by atoms with E-state index in [2.05, 4.69) is 94.3 Å². The first-order valence-corrected chi connectivity index (χ1v) is 21.1. The molecule has 11 heteroatoms. The Morgan fingerprint density at radius 2 is 1.60 bits per heavy atom. The van der Waals surface area contributed by atoms with Crippen LogP contribution < -0.4 is 0 Å². The van der Waals surface area contributed by atoms with Crippen molar-refractivity contribution in [1.82, 2.24) is 24.8 Å². The van der Waals surface area contributed by atoms with Crippen molar-refractivity contribution in [2.75, 3.05) is 32.5 Å². The van der Waals surface area contributed by atoms with Crippen molar-refractivity contribution >= 4 is 51.6 Å². The predicted octanol–water partition coefficient (Wildman–Crippen LogP) is 7.31. The van der Waals surface area contributed by atoms with E-state index in [0.29, 0.717) is 0 Å². The van der Waals surface area contributed by atoms with Gasteiger partial charge in [0.25, 0.3) is 0 Å². The van der Waals surface area contributed by atoms with Crippen LogP contribution in [0.3, 0.4) is 0 Å². The zero-order chi connectivity index (χ0) is 39.6. The maximum atomic E-state index is 10.3. The number of hydrogen-bond acceptors (Lipinski definition) is 9. The number of nitrogens with zero attached hydrogens (tertiary/aromatic N) is 3. The molecule has 7 atom stereocenters. The largest absolute Gasteiger partial charge is 0.394 e. The van der Waals surface area contributed by atoms with Crippen molar-refractivity contribution in [2.24, 2.45) is 0 Å². The monoisotopic (exact) mass is 771 g/mol. The summed E-state index contributed by atoms with van der Waals surface area (Å²) >= 11 is 1.43. The van der Waals surface area contributed by atoms with Crippen LogP contribution in [0.1, 0.15) is 115 Å². The molecule has 3 aliphatic heterocycles. The van der Waals surface area contributed by atoms with Crippen LogP contribution >= 0.6 is 11.8 Å². The standard InChI is InChI=1S/C44H61N5O5S/c1-9-29-26(5)35-22-38-30(10-2)25(4)34(46-38)21-36-27(6)31(40(48-36)28(7)33-19-24(3)32(45-33)20-37(29)47-35)15-14-17-49(8)16-12-11-13-18-55-44-43(53)42(52)41(51)39(23-50)54-44/h10,19-22,27,31,39,41-44,46-47,50-53H,2,9,11-18,23H2,1,3-8H3/t27-,31-,39+,41+,42-,43+,44-/m0/s1. The highest BCUT2D eigenvalue weighted by Gasteiger charge is 2.43. The lowest BCUT2D eigenvalue weighted by Gasteiger charge is -2.39. The first kappa shape index (κ1) is 41.3. The molecule has 0 radical (unpaired) electrons. The van der Waals surface area contributed by atoms with E-state index in [1.54, 1.807) is 0 Å². The van der Waals surface area contributed by atoms with Gasteiger partial charge < -0.3 is 40.0 Å². The number of aryl methyl sites for hydroxylation is 3. The van der Waals surface area contributed by atoms with Gasteiger partial charge in [-0.3, -0.25) is 4.98 Å². The summed E-state index contributed by atoms with van der Waals surface area (Å²) < 4.78 is 5.63. The number of fused-ring (bicyclic) bond motifs is 8. The van der Waals surface area contributed by atoms with Crippen molar-refractivity contribution < 1.29 is 25.2 Å². The van der Waals surface area contributed by atoms with Crippen molar-refractivity contribution in [2.45, 2.75) is 122 Å². The molecule has 1 fully saturated rings. The van der Waals surface area contributed by atoms with Gasteiger partial charge in [-0.05, 0) is 138 Å². The Kier molecular flexibility index (Phi) is 13.4. The Morgan fingerprint density at radius 3 is 2.33 bits per heavy atom. The van der Waals surface area contributed by atoms with E-state index in [9.17, 15) is 20.4 Å². The molecule has 298 valence electrons. The Labute approximate surface area is 330 Å². The maximum absolute atomic E-state index is 10.3. The van der Waals surface area contributed by atoms with Crippen molar-refractivity contribution in [3.8, 4) is 0 Å². The van der Waals surface area contributed by atoms with Crippen molar-refractivity contribution in [3.05, 3.63) is 75.4 Å². The Bertz CT molecular complexity index is 2050. The van der Waals surface area contributed by atoms with Gasteiger partial charge in [0.15, 0.2) is 0 Å². The number of allylic oxidation sites excluding steroid dienone is 1. The van der Waals surface area contributed by atoms with Crippen LogP contribution in [0.4, 0.5) is 0 Å². The summed E-state index contributed by atoms with van der Waals surface area (Å²) in [7, 11) is 2.19. The number of ether oxygens (including phenoxy) is 1. The zero-order valence-corrected chi connectivity index (χ0v) is 34.5. The van der Waals surface area contributed by atoms with Crippen molar-refractivity contribution in [1.29, 1.82) is 0 Å². The number of aliphatic hydroxyl groups is 4. The zero-order valence-electron chi connectivity index (χ0n) is 33.7. The molecule has 6 rings (SSSR count). The lowest BCUT2D eigenvalue weighted by atomic mass is 9.85. The van der Waals surface area contributed by atoms with Gasteiger partial charge in [-0.1, -0.05) is 32.9 Å². The van der Waals surface area contributed by atoms with Gasteiger partial charge in [0.05, 0.1) is 18.0 Å². The summed E-state index contributed by atoms with van der Waals surface area (Å²) in [5, 5.41) is 39.8. The minimum atomic E-state index is -1.32. The van der Waals surface area contributed by atoms with E-state index < -0.39 is 36.5 Å². The first-order chi connectivity index (χ1) is 26.4. The van der Waals surface area contributed by atoms with E-state index in [4.69, 9.17) is 14.7 Å². The van der Waals surface area contributed by atoms with Crippen LogP contribution in [0.25, 0.3) is 39.8 Å². The summed E-state index contributed by atoms with van der Waals surface area (Å²) in [6.07, 6.45) is 5.53. The highest BCUT2D eigenvalue weighted by Crippen LogP contribution is 2.42. The van der Waals surface area contributed by atoms with E-state index >= 15 is 0 Å². The molecule has 6 N–H and O–H groups in total. The fourth-order valence-corrected chi connectivity index (χ4v) is 9.62. The molecule has 8 bridgehead atoms. The number of unbranched alkanes of at least 4 members (excludes halogenated alkanes) is 2. The van der Waals surface area contributed by atoms with Gasteiger partial charge in [-0.15, -0.1) is 11.8 Å². The molecule has 0 aliphatic carbocycles. The van der Waals surface area contributed by atoms with Crippen LogP contribution in [0, 0.1) is 20.8 Å². The fourth-order valence-electron chi connectivity index (χ4n) is 8.44. The van der Waals surface area contributed by atoms with E-state index in [0.717, 1.165) is 119 Å². The molecule has 0 saturated carbocycles. The molecular formula is C44H61N5O5S. The van der Waals surface area contributed by atoms with Crippen LogP contribution in [-0.2, 0) is 11.2 Å². The highest BCUT2D eigenvalue weighted by molar-refractivity contribution is 7.99. The average Bonchev–Trinajstić information content (AvgIpc) is 3.87. The molecule has 3 aromatic heterocycles. The maximum Gasteiger partial charge on any atom is 0.132 e. The van der Waals surface area contributed by atoms with Gasteiger partial charge in [-0.25, -0.2) is 4.98 Å². The van der Waals surface area contributed by atoms with Gasteiger partial charge in [0.1, 0.15) is 29.9 Å². The van der Waals surface area contributed by atoms with Gasteiger partial charge in [0, 0.05) is 50.9 Å². The summed E-state index contributed by atoms with van der Waals surface area (Å²) in [5.74, 6) is 1.29. The van der Waals surface area contributed by atoms with Crippen LogP contribution in [0.5, 0.6) is 0 Å². The molecule has 0 unspecified atom stereocenters. The third-order valence-electron chi connectivity index (χ3n) is 12.0. The Balaban J connectivity index is 1.17. The van der Waals surface area contributed by atoms with Crippen LogP contribution in [-0.4, -0.2) is 108 Å². The smallest absolute Gasteiger partial charge is 0.132 e. The van der Waals surface area contributed by atoms with E-state index in [-0.39, 0.29) is 11.8 Å². The Morgan fingerprint density at radius 1 is 0.873 bits per heavy atom. The lowest BCUT2D eigenvalue weighted by molar-refractivity contribution is -0.205. The summed E-state index contributed by atoms with van der Waals surface area (Å²) in [4.78, 5) is 20.4. The third-order valence-corrected chi connectivity index (χ3v) is 13.3. The number of aromatic nitrogens is 4. The van der Waals surface area contributed by atoms with Gasteiger partial charge in [0.2, 0.25) is 0 Å². The molecule has 0 amide bonds. The molecule has 3 aliphatic rings. The normalized spacial score (nSPS) is 24.1. The number of hydrogen-bond donors (Lipinski definition) is 6. The lowest BCUT2D eigenvalue weighted by Crippen LogP contribution is -2.57. The number of rotatable bonds is 14. The summed E-state index contributed by atoms with van der Waals surface area (Å²) in [6, 6.07) is 6.67. The highest BCUT2D eigenvalue weighted by atomic mass is 32.2. The average molecular weight is 772 g/mol. The van der Waals surface area contributed by atoms with E-state index in [1.165, 1.54) is 28.5 Å². The fraction of sp³-hybridized carbons (Fsp3) is 0.545. The molecule has 10 nitrogen and oxygen atoms in total. The quantitative estimate of drug-likeness (QED) is 0.0928. The predicted molar refractivity (Wildman–Crippen MR) is 226 cm³/mol. The van der Waals surface area contributed by atoms with Crippen molar-refractivity contribution in [3.63, 3.8) is 0 Å². The second-order valence-corrected chi connectivity index (χ2v) is 17.0. The number of aliphatic hydroxyl groups excluding tert-OH is 4. The second-order valence-electron chi connectivity index (χ2n) is 15.8. The van der Waals surface area contributed by atoms with E-state index in [1.807, 2.05) is 6.08 Å². The topological polar surface area (TPSA) is 151 Å². The number of nitrogens with one attached hydrogen (secondary N) is 2. The van der Waals surface area contributed by atoms with Gasteiger partial charge in [-0.2, -0.15) is 0 Å². The third kappa shape index (κ3) is 8.68. The molecule has 6 heterocycles. The minimum absolute atomic E-state index is 0.247. The number of aromatic amines is 2. The number of thioether (sulfide) groups is 1. The van der Waals surface area contributed by atoms with Crippen LogP contribution in [0.2, 0.25) is 0 Å². The first-order valence-electron chi connectivity index (χ1n) is 20.0. The number of H-pyrrole nitrogens is 2. The molecule has 1 saturated heterocycles. The molecule has 3 aromatic rings. The summed E-state index contributed by atoms with van der Waals surface area (Å²) in [6.45, 7) is 19.0. The Hall–Kier alpha value is -3.29. The van der Waals surface area contributed by atoms with Gasteiger partial charge >= 0.3 is 0 Å².